The van der Waals surface area contributed by atoms with Gasteiger partial charge in [-0.3, -0.25) is 9.69 Å². The number of carbonyl (C=O) groups excluding carboxylic acids is 1. The average molecular weight is 404 g/mol. The standard InChI is InChI=1S/C23H29NO3.ClH/c1-17(19-10-6-8-18-7-2-3-9-20(18)19)23(25)27-22-12-5-4-11-21(22)24-13-15-26-16-14-24;/h2-3,6-10,17,21-22H,4-5,11-16H2,1H3;1H/t17?,21-,22-;/m1./s1. The van der Waals surface area contributed by atoms with Crippen LogP contribution in [0.3, 0.4) is 0 Å². The number of ether oxygens (including phenoxy) is 2. The summed E-state index contributed by atoms with van der Waals surface area (Å²) in [5.74, 6) is -0.361. The van der Waals surface area contributed by atoms with Crippen LogP contribution in [0.5, 0.6) is 0 Å². The zero-order chi connectivity index (χ0) is 18.6. The third-order valence-electron chi connectivity index (χ3n) is 6.09. The van der Waals surface area contributed by atoms with Crippen LogP contribution in [0.4, 0.5) is 0 Å². The van der Waals surface area contributed by atoms with Gasteiger partial charge in [-0.15, -0.1) is 12.4 Å². The van der Waals surface area contributed by atoms with Gasteiger partial charge in [-0.05, 0) is 42.5 Å². The van der Waals surface area contributed by atoms with E-state index in [0.29, 0.717) is 6.04 Å². The monoisotopic (exact) mass is 403 g/mol. The average Bonchev–Trinajstić information content (AvgIpc) is 2.74. The Bertz CT molecular complexity index is 785. The first-order valence-corrected chi connectivity index (χ1v) is 10.2. The third-order valence-corrected chi connectivity index (χ3v) is 6.09. The van der Waals surface area contributed by atoms with Crippen molar-refractivity contribution in [1.82, 2.24) is 4.90 Å². The first-order chi connectivity index (χ1) is 13.2. The number of benzene rings is 2. The van der Waals surface area contributed by atoms with Gasteiger partial charge in [0.05, 0.1) is 19.1 Å². The number of hydrogen-bond acceptors (Lipinski definition) is 4. The number of hydrogen-bond donors (Lipinski definition) is 0. The zero-order valence-electron chi connectivity index (χ0n) is 16.5. The normalized spacial score (nSPS) is 24.3. The SMILES string of the molecule is CC(C(=O)O[C@@H]1CCCC[C@H]1N1CCOCC1)c1cccc2ccccc12.Cl. The molecule has 5 heteroatoms. The van der Waals surface area contributed by atoms with E-state index < -0.39 is 0 Å². The summed E-state index contributed by atoms with van der Waals surface area (Å²) in [4.78, 5) is 15.5. The Labute approximate surface area is 173 Å². The maximum absolute atomic E-state index is 13.0. The van der Waals surface area contributed by atoms with Crippen LogP contribution < -0.4 is 0 Å². The lowest BCUT2D eigenvalue weighted by Crippen LogP contribution is -2.51. The van der Waals surface area contributed by atoms with Gasteiger partial charge in [0.25, 0.3) is 0 Å². The Morgan fingerprint density at radius 1 is 1.07 bits per heavy atom. The van der Waals surface area contributed by atoms with Crippen LogP contribution in [0.15, 0.2) is 42.5 Å². The summed E-state index contributed by atoms with van der Waals surface area (Å²) < 4.78 is 11.6. The Hall–Kier alpha value is -1.62. The molecule has 1 saturated carbocycles. The highest BCUT2D eigenvalue weighted by atomic mass is 35.5. The highest BCUT2D eigenvalue weighted by molar-refractivity contribution is 5.91. The van der Waals surface area contributed by atoms with Crippen molar-refractivity contribution in [2.24, 2.45) is 0 Å². The lowest BCUT2D eigenvalue weighted by molar-refractivity contribution is -0.157. The van der Waals surface area contributed by atoms with E-state index in [-0.39, 0.29) is 30.4 Å². The molecule has 4 nitrogen and oxygen atoms in total. The van der Waals surface area contributed by atoms with Gasteiger partial charge in [0, 0.05) is 19.1 Å². The molecule has 152 valence electrons. The van der Waals surface area contributed by atoms with Gasteiger partial charge in [0.1, 0.15) is 6.10 Å². The van der Waals surface area contributed by atoms with Crippen molar-refractivity contribution in [3.63, 3.8) is 0 Å². The van der Waals surface area contributed by atoms with Gasteiger partial charge < -0.3 is 9.47 Å². The minimum absolute atomic E-state index is 0. The fraction of sp³-hybridized carbons (Fsp3) is 0.522. The first-order valence-electron chi connectivity index (χ1n) is 10.2. The van der Waals surface area contributed by atoms with Crippen LogP contribution >= 0.6 is 12.4 Å². The molecule has 0 spiro atoms. The molecular formula is C23H30ClNO3. The van der Waals surface area contributed by atoms with E-state index >= 15 is 0 Å². The van der Waals surface area contributed by atoms with Crippen LogP contribution in [-0.2, 0) is 14.3 Å². The quantitative estimate of drug-likeness (QED) is 0.702. The highest BCUT2D eigenvalue weighted by Gasteiger charge is 2.34. The summed E-state index contributed by atoms with van der Waals surface area (Å²) in [5, 5.41) is 2.30. The van der Waals surface area contributed by atoms with Gasteiger partial charge >= 0.3 is 5.97 Å². The number of halogens is 1. The van der Waals surface area contributed by atoms with E-state index in [1.807, 2.05) is 25.1 Å². The van der Waals surface area contributed by atoms with Crippen LogP contribution in [0, 0.1) is 0 Å². The number of rotatable bonds is 4. The number of esters is 1. The minimum atomic E-state index is -0.261. The van der Waals surface area contributed by atoms with Gasteiger partial charge in [-0.25, -0.2) is 0 Å². The van der Waals surface area contributed by atoms with E-state index in [1.165, 1.54) is 11.8 Å². The molecule has 0 N–H and O–H groups in total. The van der Waals surface area contributed by atoms with Gasteiger partial charge in [-0.2, -0.15) is 0 Å². The van der Waals surface area contributed by atoms with Crippen molar-refractivity contribution in [2.75, 3.05) is 26.3 Å². The third kappa shape index (κ3) is 4.51. The van der Waals surface area contributed by atoms with Crippen molar-refractivity contribution in [2.45, 2.75) is 50.7 Å². The van der Waals surface area contributed by atoms with E-state index in [1.54, 1.807) is 0 Å². The molecule has 0 radical (unpaired) electrons. The molecule has 2 fully saturated rings. The molecule has 2 aromatic carbocycles. The van der Waals surface area contributed by atoms with Crippen LogP contribution in [-0.4, -0.2) is 49.3 Å². The second kappa shape index (κ2) is 9.73. The predicted molar refractivity (Wildman–Crippen MR) is 114 cm³/mol. The minimum Gasteiger partial charge on any atom is -0.460 e. The van der Waals surface area contributed by atoms with E-state index in [9.17, 15) is 4.79 Å². The predicted octanol–water partition coefficient (Wildman–Crippen LogP) is 4.55. The number of fused-ring (bicyclic) bond motifs is 1. The topological polar surface area (TPSA) is 38.8 Å². The molecule has 4 rings (SSSR count). The van der Waals surface area contributed by atoms with Crippen LogP contribution in [0.1, 0.15) is 44.1 Å². The molecule has 28 heavy (non-hydrogen) atoms. The molecule has 1 aliphatic heterocycles. The van der Waals surface area contributed by atoms with Crippen LogP contribution in [0.2, 0.25) is 0 Å². The van der Waals surface area contributed by atoms with Crippen LogP contribution in [0.25, 0.3) is 10.8 Å². The summed E-state index contributed by atoms with van der Waals surface area (Å²) in [6.45, 7) is 5.42. The van der Waals surface area contributed by atoms with Gasteiger partial charge in [0.15, 0.2) is 0 Å². The summed E-state index contributed by atoms with van der Waals surface area (Å²) >= 11 is 0. The second-order valence-electron chi connectivity index (χ2n) is 7.77. The summed E-state index contributed by atoms with van der Waals surface area (Å²) in [6, 6.07) is 14.7. The van der Waals surface area contributed by atoms with Crippen molar-refractivity contribution in [3.05, 3.63) is 48.0 Å². The molecule has 3 atom stereocenters. The number of morpholine rings is 1. The molecule has 1 aliphatic carbocycles. The van der Waals surface area contributed by atoms with Gasteiger partial charge in [0.2, 0.25) is 0 Å². The molecule has 0 amide bonds. The molecule has 1 heterocycles. The lowest BCUT2D eigenvalue weighted by atomic mass is 9.90. The van der Waals surface area contributed by atoms with E-state index in [4.69, 9.17) is 9.47 Å². The fourth-order valence-corrected chi connectivity index (χ4v) is 4.55. The van der Waals surface area contributed by atoms with Crippen molar-refractivity contribution < 1.29 is 14.3 Å². The largest absolute Gasteiger partial charge is 0.460 e. The first kappa shape index (κ1) is 21.1. The zero-order valence-corrected chi connectivity index (χ0v) is 17.3. The molecule has 2 aliphatic rings. The highest BCUT2D eigenvalue weighted by Crippen LogP contribution is 2.30. The summed E-state index contributed by atoms with van der Waals surface area (Å²) in [6.07, 6.45) is 4.44. The Morgan fingerprint density at radius 3 is 2.61 bits per heavy atom. The number of carbonyl (C=O) groups is 1. The summed E-state index contributed by atoms with van der Waals surface area (Å²) in [7, 11) is 0. The Kier molecular flexibility index (Phi) is 7.33. The number of nitrogens with zero attached hydrogens (tertiary/aromatic N) is 1. The van der Waals surface area contributed by atoms with E-state index in [2.05, 4.69) is 29.2 Å². The second-order valence-corrected chi connectivity index (χ2v) is 7.77. The molecular weight excluding hydrogens is 374 g/mol. The Balaban J connectivity index is 0.00000225. The van der Waals surface area contributed by atoms with Crippen molar-refractivity contribution in [1.29, 1.82) is 0 Å². The molecule has 2 aromatic rings. The fourth-order valence-electron chi connectivity index (χ4n) is 4.55. The summed E-state index contributed by atoms with van der Waals surface area (Å²) in [5.41, 5.74) is 1.05. The molecule has 0 bridgehead atoms. The van der Waals surface area contributed by atoms with E-state index in [0.717, 1.165) is 56.5 Å². The van der Waals surface area contributed by atoms with Crippen molar-refractivity contribution in [3.8, 4) is 0 Å². The molecule has 1 unspecified atom stereocenters. The lowest BCUT2D eigenvalue weighted by Gasteiger charge is -2.41. The maximum Gasteiger partial charge on any atom is 0.313 e. The maximum atomic E-state index is 13.0. The van der Waals surface area contributed by atoms with Gasteiger partial charge in [-0.1, -0.05) is 48.9 Å². The molecule has 0 aromatic heterocycles. The van der Waals surface area contributed by atoms with Crippen molar-refractivity contribution >= 4 is 29.1 Å². The molecule has 1 saturated heterocycles. The Morgan fingerprint density at radius 2 is 1.79 bits per heavy atom. The smallest absolute Gasteiger partial charge is 0.313 e.